The molecule has 2 aromatic rings. The van der Waals surface area contributed by atoms with Crippen molar-refractivity contribution in [2.24, 2.45) is 0 Å². The third-order valence-electron chi connectivity index (χ3n) is 7.75. The molecular formula is C26H32N2O9S2. The van der Waals surface area contributed by atoms with E-state index in [-0.39, 0.29) is 9.79 Å². The fourth-order valence-electron chi connectivity index (χ4n) is 5.50. The van der Waals surface area contributed by atoms with Crippen molar-refractivity contribution in [1.29, 1.82) is 0 Å². The van der Waals surface area contributed by atoms with Gasteiger partial charge in [-0.2, -0.15) is 8.61 Å². The van der Waals surface area contributed by atoms with Gasteiger partial charge < -0.3 is 23.7 Å². The van der Waals surface area contributed by atoms with Gasteiger partial charge in [0.1, 0.15) is 11.5 Å². The summed E-state index contributed by atoms with van der Waals surface area (Å²) in [5.41, 5.74) is 0. The van der Waals surface area contributed by atoms with Gasteiger partial charge in [-0.3, -0.25) is 0 Å². The highest BCUT2D eigenvalue weighted by atomic mass is 32.2. The summed E-state index contributed by atoms with van der Waals surface area (Å²) >= 11 is 0. The van der Waals surface area contributed by atoms with Crippen LogP contribution in [0.2, 0.25) is 0 Å². The first-order valence-corrected chi connectivity index (χ1v) is 16.0. The van der Waals surface area contributed by atoms with Gasteiger partial charge in [0.05, 0.1) is 36.2 Å². The number of nitrogens with zero attached hydrogens (tertiary/aromatic N) is 2. The number of piperidine rings is 2. The first kappa shape index (κ1) is 27.1. The molecule has 6 rings (SSSR count). The molecule has 11 nitrogen and oxygen atoms in total. The Labute approximate surface area is 228 Å². The molecule has 2 aromatic carbocycles. The lowest BCUT2D eigenvalue weighted by atomic mass is 10.1. The minimum Gasteiger partial charge on any atom is -0.457 e. The lowest BCUT2D eigenvalue weighted by Gasteiger charge is -2.36. The summed E-state index contributed by atoms with van der Waals surface area (Å²) in [7, 11) is -7.32. The molecule has 4 aliphatic rings. The van der Waals surface area contributed by atoms with Crippen LogP contribution in [-0.4, -0.2) is 89.6 Å². The number of sulfonamides is 2. The van der Waals surface area contributed by atoms with Crippen molar-refractivity contribution in [1.82, 2.24) is 8.61 Å². The lowest BCUT2D eigenvalue weighted by molar-refractivity contribution is -0.179. The topological polar surface area (TPSA) is 121 Å². The van der Waals surface area contributed by atoms with Gasteiger partial charge in [-0.15, -0.1) is 0 Å². The molecule has 0 N–H and O–H groups in total. The average Bonchev–Trinajstić information content (AvgIpc) is 3.60. The van der Waals surface area contributed by atoms with Crippen molar-refractivity contribution < 1.29 is 40.5 Å². The maximum absolute atomic E-state index is 13.1. The smallest absolute Gasteiger partial charge is 0.243 e. The largest absolute Gasteiger partial charge is 0.457 e. The van der Waals surface area contributed by atoms with E-state index in [1.54, 1.807) is 24.3 Å². The number of benzene rings is 2. The number of hydrogen-bond acceptors (Lipinski definition) is 9. The van der Waals surface area contributed by atoms with Gasteiger partial charge in [0.2, 0.25) is 20.0 Å². The molecule has 0 amide bonds. The Morgan fingerprint density at radius 2 is 0.846 bits per heavy atom. The van der Waals surface area contributed by atoms with Crippen molar-refractivity contribution >= 4 is 20.0 Å². The zero-order chi connectivity index (χ0) is 27.1. The van der Waals surface area contributed by atoms with Gasteiger partial charge in [0.25, 0.3) is 0 Å². The molecule has 13 heteroatoms. The Balaban J connectivity index is 1.06. The van der Waals surface area contributed by atoms with E-state index in [2.05, 4.69) is 0 Å². The van der Waals surface area contributed by atoms with Gasteiger partial charge in [-0.1, -0.05) is 0 Å². The monoisotopic (exact) mass is 580 g/mol. The fourth-order valence-corrected chi connectivity index (χ4v) is 8.38. The van der Waals surface area contributed by atoms with Crippen LogP contribution >= 0.6 is 0 Å². The second-order valence-electron chi connectivity index (χ2n) is 10.1. The molecule has 2 spiro atoms. The Morgan fingerprint density at radius 1 is 0.538 bits per heavy atom. The van der Waals surface area contributed by atoms with Crippen LogP contribution < -0.4 is 4.74 Å². The minimum absolute atomic E-state index is 0.178. The predicted molar refractivity (Wildman–Crippen MR) is 138 cm³/mol. The molecule has 0 unspecified atom stereocenters. The third-order valence-corrected chi connectivity index (χ3v) is 11.6. The van der Waals surface area contributed by atoms with Crippen molar-refractivity contribution in [2.45, 2.75) is 47.0 Å². The van der Waals surface area contributed by atoms with E-state index >= 15 is 0 Å². The fraction of sp³-hybridized carbons (Fsp3) is 0.538. The van der Waals surface area contributed by atoms with Crippen LogP contribution in [0.3, 0.4) is 0 Å². The highest BCUT2D eigenvalue weighted by Gasteiger charge is 2.43. The standard InChI is InChI=1S/C26H32N2O9S2/c29-38(30,27-13-9-25(10-14-27)33-17-18-34-25)23-5-1-21(2-6-23)37-22-3-7-24(8-4-22)39(31,32)28-15-11-26(12-16-28)35-19-20-36-26/h1-8H,9-20H2. The normalized spacial score (nSPS) is 23.9. The van der Waals surface area contributed by atoms with Crippen LogP contribution in [0, 0.1) is 0 Å². The second-order valence-corrected chi connectivity index (χ2v) is 13.9. The van der Waals surface area contributed by atoms with Crippen LogP contribution in [0.4, 0.5) is 0 Å². The summed E-state index contributed by atoms with van der Waals surface area (Å²) in [5, 5.41) is 0. The molecule has 0 aliphatic carbocycles. The van der Waals surface area contributed by atoms with Gasteiger partial charge in [0, 0.05) is 51.9 Å². The minimum atomic E-state index is -3.66. The zero-order valence-corrected chi connectivity index (χ0v) is 23.1. The van der Waals surface area contributed by atoms with Crippen LogP contribution in [0.5, 0.6) is 11.5 Å². The summed E-state index contributed by atoms with van der Waals surface area (Å²) in [4.78, 5) is 0.356. The molecule has 0 radical (unpaired) electrons. The molecule has 4 saturated heterocycles. The lowest BCUT2D eigenvalue weighted by Crippen LogP contribution is -2.47. The van der Waals surface area contributed by atoms with Crippen LogP contribution in [-0.2, 0) is 39.0 Å². The van der Waals surface area contributed by atoms with Crippen molar-refractivity contribution in [3.8, 4) is 11.5 Å². The number of ether oxygens (including phenoxy) is 5. The Hall–Kier alpha value is -2.10. The summed E-state index contributed by atoms with van der Waals surface area (Å²) in [5.74, 6) is -0.413. The Bertz CT molecular complexity index is 1260. The predicted octanol–water partition coefficient (Wildman–Crippen LogP) is 2.53. The van der Waals surface area contributed by atoms with Crippen LogP contribution in [0.25, 0.3) is 0 Å². The van der Waals surface area contributed by atoms with Gasteiger partial charge >= 0.3 is 0 Å². The van der Waals surface area contributed by atoms with Gasteiger partial charge in [0.15, 0.2) is 11.6 Å². The SMILES string of the molecule is O=S(=O)(c1ccc(Oc2ccc(S(=O)(=O)N3CCC4(CC3)OCCO4)cc2)cc1)N1CCC2(CC1)OCCO2. The third kappa shape index (κ3) is 5.34. The molecule has 4 heterocycles. The molecule has 4 aliphatic heterocycles. The molecule has 212 valence electrons. The van der Waals surface area contributed by atoms with Crippen LogP contribution in [0.1, 0.15) is 25.7 Å². The highest BCUT2D eigenvalue weighted by Crippen LogP contribution is 2.35. The quantitative estimate of drug-likeness (QED) is 0.508. The summed E-state index contributed by atoms with van der Waals surface area (Å²) in [6, 6.07) is 12.4. The first-order valence-electron chi connectivity index (χ1n) is 13.1. The molecule has 39 heavy (non-hydrogen) atoms. The number of rotatable bonds is 6. The van der Waals surface area contributed by atoms with Crippen LogP contribution in [0.15, 0.2) is 58.3 Å². The van der Waals surface area contributed by atoms with E-state index in [1.165, 1.54) is 32.9 Å². The van der Waals surface area contributed by atoms with E-state index in [9.17, 15) is 16.8 Å². The van der Waals surface area contributed by atoms with Gasteiger partial charge in [-0.05, 0) is 48.5 Å². The summed E-state index contributed by atoms with van der Waals surface area (Å²) in [6.07, 6.45) is 2.00. The van der Waals surface area contributed by atoms with Crippen molar-refractivity contribution in [2.75, 3.05) is 52.6 Å². The summed E-state index contributed by atoms with van der Waals surface area (Å²) < 4.78 is 84.0. The molecule has 0 saturated carbocycles. The van der Waals surface area contributed by atoms with E-state index in [1.807, 2.05) is 0 Å². The van der Waals surface area contributed by atoms with E-state index < -0.39 is 31.6 Å². The maximum Gasteiger partial charge on any atom is 0.243 e. The molecule has 0 atom stereocenters. The molecule has 0 bridgehead atoms. The van der Waals surface area contributed by atoms with Gasteiger partial charge in [-0.25, -0.2) is 16.8 Å². The maximum atomic E-state index is 13.1. The number of hydrogen-bond donors (Lipinski definition) is 0. The molecular weight excluding hydrogens is 548 g/mol. The van der Waals surface area contributed by atoms with E-state index in [0.717, 1.165) is 0 Å². The second kappa shape index (κ2) is 10.4. The average molecular weight is 581 g/mol. The molecule has 0 aromatic heterocycles. The zero-order valence-electron chi connectivity index (χ0n) is 21.5. The van der Waals surface area contributed by atoms with E-state index in [0.29, 0.717) is 89.8 Å². The van der Waals surface area contributed by atoms with Crippen molar-refractivity contribution in [3.05, 3.63) is 48.5 Å². The molecule has 4 fully saturated rings. The highest BCUT2D eigenvalue weighted by molar-refractivity contribution is 7.89. The Morgan fingerprint density at radius 3 is 1.15 bits per heavy atom. The Kier molecular flexibility index (Phi) is 7.21. The van der Waals surface area contributed by atoms with Crippen molar-refractivity contribution in [3.63, 3.8) is 0 Å². The first-order chi connectivity index (χ1) is 18.7. The summed E-state index contributed by atoms with van der Waals surface area (Å²) in [6.45, 7) is 3.47. The van der Waals surface area contributed by atoms with E-state index in [4.69, 9.17) is 23.7 Å².